The van der Waals surface area contributed by atoms with Gasteiger partial charge in [-0.15, -0.1) is 0 Å². The molecule has 0 amide bonds. The highest BCUT2D eigenvalue weighted by Crippen LogP contribution is 2.88. The molecule has 3 aliphatic heterocycles. The van der Waals surface area contributed by atoms with Crippen molar-refractivity contribution in [3.05, 3.63) is 35.8 Å². The van der Waals surface area contributed by atoms with E-state index in [2.05, 4.69) is 0 Å². The maximum absolute atomic E-state index is 13.6. The molecule has 4 saturated carbocycles. The van der Waals surface area contributed by atoms with Gasteiger partial charge < -0.3 is 52.9 Å². The van der Waals surface area contributed by atoms with Gasteiger partial charge in [0.25, 0.3) is 5.97 Å². The van der Waals surface area contributed by atoms with Crippen LogP contribution in [-0.2, 0) is 52.3 Å². The summed E-state index contributed by atoms with van der Waals surface area (Å²) in [5.41, 5.74) is -12.8. The molecular formula is C33H38O15. The predicted molar refractivity (Wildman–Crippen MR) is 153 cm³/mol. The van der Waals surface area contributed by atoms with Crippen molar-refractivity contribution in [2.45, 2.75) is 113 Å². The van der Waals surface area contributed by atoms with Gasteiger partial charge in [-0.05, 0) is 25.0 Å². The summed E-state index contributed by atoms with van der Waals surface area (Å²) in [7, 11) is 1.10. The van der Waals surface area contributed by atoms with Gasteiger partial charge in [-0.2, -0.15) is 0 Å². The van der Waals surface area contributed by atoms with Crippen LogP contribution in [0.15, 0.2) is 34.7 Å². The molecule has 1 spiro atoms. The third-order valence-electron chi connectivity index (χ3n) is 13.1. The molecule has 48 heavy (non-hydrogen) atoms. The minimum atomic E-state index is -2.47. The topological polar surface area (TPSA) is 207 Å². The second-order valence-electron chi connectivity index (χ2n) is 15.1. The Morgan fingerprint density at radius 3 is 2.33 bits per heavy atom. The molecule has 15 nitrogen and oxygen atoms in total. The zero-order valence-electron chi connectivity index (χ0n) is 27.4. The van der Waals surface area contributed by atoms with Crippen molar-refractivity contribution in [2.24, 2.45) is 22.2 Å². The monoisotopic (exact) mass is 674 g/mol. The van der Waals surface area contributed by atoms with Crippen LogP contribution in [0.1, 0.15) is 66.1 Å². The molecular weight excluding hydrogens is 636 g/mol. The van der Waals surface area contributed by atoms with E-state index in [0.717, 1.165) is 14.0 Å². The summed E-state index contributed by atoms with van der Waals surface area (Å²) in [4.78, 5) is 52.4. The molecule has 3 N–H and O–H groups in total. The number of esters is 4. The number of cyclic esters (lactones) is 1. The van der Waals surface area contributed by atoms with E-state index in [1.54, 1.807) is 26.8 Å². The molecule has 6 fully saturated rings. The number of furan rings is 1. The van der Waals surface area contributed by atoms with E-state index in [4.69, 9.17) is 37.6 Å². The molecule has 0 aromatic carbocycles. The number of ether oxygens (including phenoxy) is 7. The van der Waals surface area contributed by atoms with Crippen LogP contribution in [0.5, 0.6) is 0 Å². The highest BCUT2D eigenvalue weighted by atomic mass is 16.9. The number of hydrogen-bond donors (Lipinski definition) is 3. The number of aliphatic hydroxyl groups excluding tert-OH is 1. The number of rotatable bonds is 5. The number of hydrogen-bond acceptors (Lipinski definition) is 15. The summed E-state index contributed by atoms with van der Waals surface area (Å²) < 4.78 is 48.2. The molecule has 4 bridgehead atoms. The third kappa shape index (κ3) is 2.98. The minimum absolute atomic E-state index is 0.159. The van der Waals surface area contributed by atoms with Crippen LogP contribution in [0, 0.1) is 22.2 Å². The second kappa shape index (κ2) is 8.87. The van der Waals surface area contributed by atoms with Gasteiger partial charge in [0.2, 0.25) is 0 Å². The van der Waals surface area contributed by atoms with E-state index >= 15 is 0 Å². The first-order chi connectivity index (χ1) is 22.3. The molecule has 14 atom stereocenters. The first kappa shape index (κ1) is 31.9. The molecule has 4 heterocycles. The molecule has 4 aliphatic carbocycles. The standard InChI is InChI=1S/C33H38O15/c1-14(34)43-18-11-31-28(5)21(20(37)23(38)41-7)26(3)13-30(28,39)32(40,24(26)44-15(2)35)25-33(31,48-29(6,46-25)47-31)17-10-19(36)45-22(27(17,18)4)16-8-9-42-12-16/h8-10,12,18,20-22,24-25,37,39-40H,11,13H2,1-7H3/t18-,20+,21-,22-,24-,25+,26+,27-,28+,29-,30+,31-,32-,33+/m0/s1. The quantitative estimate of drug-likeness (QED) is 0.291. The molecule has 8 rings (SSSR count). The van der Waals surface area contributed by atoms with E-state index < -0.39 is 105 Å². The number of aliphatic hydroxyl groups is 3. The smallest absolute Gasteiger partial charge is 0.335 e. The Balaban J connectivity index is 1.49. The van der Waals surface area contributed by atoms with Gasteiger partial charge in [-0.1, -0.05) is 13.8 Å². The lowest BCUT2D eigenvalue weighted by Gasteiger charge is -2.76. The lowest BCUT2D eigenvalue weighted by Crippen LogP contribution is -2.93. The zero-order chi connectivity index (χ0) is 34.8. The van der Waals surface area contributed by atoms with Gasteiger partial charge in [0, 0.05) is 55.6 Å². The highest BCUT2D eigenvalue weighted by molar-refractivity contribution is 5.86. The predicted octanol–water partition coefficient (Wildman–Crippen LogP) is 0.730. The fraction of sp³-hybridized carbons (Fsp3) is 0.697. The van der Waals surface area contributed by atoms with Crippen LogP contribution in [0.25, 0.3) is 0 Å². The van der Waals surface area contributed by atoms with Gasteiger partial charge in [-0.25, -0.2) is 9.59 Å². The maximum atomic E-state index is 13.6. The Kier molecular flexibility index (Phi) is 5.89. The summed E-state index contributed by atoms with van der Waals surface area (Å²) in [6, 6.07) is 1.60. The first-order valence-corrected chi connectivity index (χ1v) is 15.9. The van der Waals surface area contributed by atoms with Crippen molar-refractivity contribution in [2.75, 3.05) is 7.11 Å². The van der Waals surface area contributed by atoms with Crippen LogP contribution < -0.4 is 0 Å². The van der Waals surface area contributed by atoms with Crippen molar-refractivity contribution in [1.29, 1.82) is 0 Å². The average molecular weight is 675 g/mol. The molecule has 260 valence electrons. The lowest BCUT2D eigenvalue weighted by atomic mass is 9.34. The summed E-state index contributed by atoms with van der Waals surface area (Å²) in [5.74, 6) is -6.59. The second-order valence-corrected chi connectivity index (χ2v) is 15.1. The summed E-state index contributed by atoms with van der Waals surface area (Å²) in [5, 5.41) is 38.2. The summed E-state index contributed by atoms with van der Waals surface area (Å²) in [6.45, 7) is 8.71. The molecule has 2 saturated heterocycles. The summed E-state index contributed by atoms with van der Waals surface area (Å²) >= 11 is 0. The van der Waals surface area contributed by atoms with Gasteiger partial charge in [0.1, 0.15) is 35.6 Å². The SMILES string of the molecule is COC(=O)[C@H](O)[C@H]1[C@@]2(C)C[C@]3(O)[C@@](O)([C@H]4O[C@@]5(C)O[C@@]6(C[C@H](OC(C)=O)[C@]7(C)C(=CC(=O)O[C@H]7c7ccoc7)[C@@]46O5)[C@]13C)[C@H]2OC(C)=O. The molecule has 0 unspecified atom stereocenters. The van der Waals surface area contributed by atoms with Crippen molar-refractivity contribution in [3.8, 4) is 0 Å². The fourth-order valence-corrected chi connectivity index (χ4v) is 11.9. The molecule has 0 radical (unpaired) electrons. The number of carbonyl (C=O) groups is 4. The molecule has 1 aromatic rings. The van der Waals surface area contributed by atoms with Gasteiger partial charge in [-0.3, -0.25) is 9.59 Å². The van der Waals surface area contributed by atoms with Crippen LogP contribution in [0.4, 0.5) is 0 Å². The van der Waals surface area contributed by atoms with Crippen molar-refractivity contribution < 1.29 is 72.1 Å². The third-order valence-corrected chi connectivity index (χ3v) is 13.1. The Morgan fingerprint density at radius 2 is 1.73 bits per heavy atom. The zero-order valence-corrected chi connectivity index (χ0v) is 27.4. The Labute approximate surface area is 274 Å². The molecule has 7 aliphatic rings. The van der Waals surface area contributed by atoms with Crippen molar-refractivity contribution in [1.82, 2.24) is 0 Å². The van der Waals surface area contributed by atoms with Crippen molar-refractivity contribution in [3.63, 3.8) is 0 Å². The van der Waals surface area contributed by atoms with E-state index in [-0.39, 0.29) is 18.4 Å². The van der Waals surface area contributed by atoms with Crippen LogP contribution in [0.3, 0.4) is 0 Å². The van der Waals surface area contributed by atoms with E-state index in [0.29, 0.717) is 5.56 Å². The van der Waals surface area contributed by atoms with Gasteiger partial charge in [0.05, 0.1) is 25.1 Å². The molecule has 1 aromatic heterocycles. The van der Waals surface area contributed by atoms with E-state index in [1.165, 1.54) is 32.4 Å². The Hall–Kier alpha value is -3.34. The number of methoxy groups -OCH3 is 1. The average Bonchev–Trinajstić information content (AvgIpc) is 3.76. The van der Waals surface area contributed by atoms with Crippen LogP contribution in [-0.4, -0.2) is 99.1 Å². The number of fused-ring (bicyclic) bond motifs is 4. The molecule has 15 heteroatoms. The minimum Gasteiger partial charge on any atom is -0.472 e. The number of carbonyl (C=O) groups excluding carboxylic acids is 4. The van der Waals surface area contributed by atoms with E-state index in [9.17, 15) is 34.5 Å². The van der Waals surface area contributed by atoms with Crippen LogP contribution >= 0.6 is 0 Å². The highest BCUT2D eigenvalue weighted by Gasteiger charge is 3.03. The first-order valence-electron chi connectivity index (χ1n) is 15.9. The Morgan fingerprint density at radius 1 is 1.04 bits per heavy atom. The normalized spacial score (nSPS) is 52.5. The largest absolute Gasteiger partial charge is 0.472 e. The maximum Gasteiger partial charge on any atom is 0.335 e. The van der Waals surface area contributed by atoms with Crippen LogP contribution in [0.2, 0.25) is 0 Å². The van der Waals surface area contributed by atoms with Crippen molar-refractivity contribution >= 4 is 23.9 Å². The lowest BCUT2D eigenvalue weighted by molar-refractivity contribution is -0.449. The van der Waals surface area contributed by atoms with E-state index in [1.807, 2.05) is 0 Å². The van der Waals surface area contributed by atoms with Gasteiger partial charge in [0.15, 0.2) is 17.3 Å². The summed E-state index contributed by atoms with van der Waals surface area (Å²) in [6.07, 6.45) is -3.88. The van der Waals surface area contributed by atoms with Gasteiger partial charge >= 0.3 is 23.9 Å². The Bertz CT molecular complexity index is 1710. The fourth-order valence-electron chi connectivity index (χ4n) is 11.9.